The molecule has 0 saturated heterocycles. The smallest absolute Gasteiger partial charge is 0.343 e. The maximum absolute atomic E-state index is 3.60. The molecule has 6 aromatic carbocycles. The normalized spacial score (nSPS) is 9.61. The second kappa shape index (κ2) is 23.6. The van der Waals surface area contributed by atoms with E-state index in [0.29, 0.717) is 0 Å². The second-order valence-corrected chi connectivity index (χ2v) is 11.5. The van der Waals surface area contributed by atoms with E-state index in [0.717, 1.165) is 28.8 Å². The van der Waals surface area contributed by atoms with Gasteiger partial charge in [-0.15, -0.1) is 75.1 Å². The van der Waals surface area contributed by atoms with Crippen LogP contribution in [0.4, 0.5) is 0 Å². The third-order valence-corrected chi connectivity index (χ3v) is 7.75. The minimum Gasteiger partial charge on any atom is -0.343 e. The molecule has 0 amide bonds. The number of fused-ring (bicyclic) bond motifs is 2. The van der Waals surface area contributed by atoms with E-state index in [9.17, 15) is 0 Å². The summed E-state index contributed by atoms with van der Waals surface area (Å²) in [5, 5.41) is 6.85. The number of aryl methyl sites for hydroxylation is 2. The molecule has 0 spiro atoms. The molecule has 0 heterocycles. The molecule has 226 valence electrons. The summed E-state index contributed by atoms with van der Waals surface area (Å²) < 4.78 is 0. The van der Waals surface area contributed by atoms with Gasteiger partial charge < -0.3 is 13.8 Å². The van der Waals surface area contributed by atoms with Crippen LogP contribution in [0.1, 0.15) is 57.6 Å². The minimum absolute atomic E-state index is 0. The van der Waals surface area contributed by atoms with Crippen LogP contribution in [0.3, 0.4) is 0 Å². The predicted molar refractivity (Wildman–Crippen MR) is 197 cm³/mol. The summed E-state index contributed by atoms with van der Waals surface area (Å²) >= 11 is 0. The van der Waals surface area contributed by atoms with Crippen molar-refractivity contribution >= 4 is 36.3 Å². The summed E-state index contributed by atoms with van der Waals surface area (Å²) in [7, 11) is 0.930. The van der Waals surface area contributed by atoms with E-state index in [4.69, 9.17) is 0 Å². The maximum Gasteiger partial charge on any atom is 4.00 e. The summed E-state index contributed by atoms with van der Waals surface area (Å²) in [5.74, 6) is 0. The fourth-order valence-corrected chi connectivity index (χ4v) is 4.80. The average Bonchev–Trinajstić information content (AvgIpc) is 3.68. The van der Waals surface area contributed by atoms with Crippen LogP contribution in [0, 0.1) is 20.8 Å². The van der Waals surface area contributed by atoms with E-state index < -0.39 is 0 Å². The van der Waals surface area contributed by atoms with Gasteiger partial charge in [-0.3, -0.25) is 0 Å². The first-order chi connectivity index (χ1) is 21.0. The van der Waals surface area contributed by atoms with Crippen LogP contribution >= 0.6 is 0 Å². The topological polar surface area (TPSA) is 0 Å². The third kappa shape index (κ3) is 13.9. The molecular weight excluding hydrogens is 624 g/mol. The molecule has 0 unspecified atom stereocenters. The Balaban J connectivity index is 0.000000303. The van der Waals surface area contributed by atoms with Gasteiger partial charge in [0.2, 0.25) is 0 Å². The number of rotatable bonds is 5. The molecule has 0 fully saturated rings. The number of hydrogen-bond donors (Lipinski definition) is 0. The van der Waals surface area contributed by atoms with Crippen molar-refractivity contribution in [1.82, 2.24) is 0 Å². The van der Waals surface area contributed by atoms with Crippen molar-refractivity contribution in [3.63, 3.8) is 0 Å². The molecule has 0 atom stereocenters. The largest absolute Gasteiger partial charge is 4.00 e. The van der Waals surface area contributed by atoms with E-state index in [2.05, 4.69) is 169 Å². The van der Waals surface area contributed by atoms with Gasteiger partial charge in [-0.1, -0.05) is 131 Å². The first-order valence-corrected chi connectivity index (χ1v) is 17.2. The molecular formula is C42H50SiZr. The first kappa shape index (κ1) is 39.2. The molecule has 0 N–H and O–H groups in total. The predicted octanol–water partition coefficient (Wildman–Crippen LogP) is 12.0. The van der Waals surface area contributed by atoms with Crippen LogP contribution in [0.15, 0.2) is 127 Å². The van der Waals surface area contributed by atoms with Crippen molar-refractivity contribution in [2.75, 3.05) is 0 Å². The Kier molecular flexibility index (Phi) is 21.0. The monoisotopic (exact) mass is 672 g/mol. The van der Waals surface area contributed by atoms with Crippen molar-refractivity contribution < 1.29 is 26.2 Å². The first-order valence-electron chi connectivity index (χ1n) is 15.7. The van der Waals surface area contributed by atoms with Crippen LogP contribution in [-0.2, 0) is 32.6 Å². The summed E-state index contributed by atoms with van der Waals surface area (Å²) in [4.78, 5) is 0. The van der Waals surface area contributed by atoms with Crippen LogP contribution in [0.2, 0.25) is 6.55 Å². The van der Waals surface area contributed by atoms with Crippen LogP contribution < -0.4 is 5.19 Å². The van der Waals surface area contributed by atoms with Crippen molar-refractivity contribution in [1.29, 1.82) is 0 Å². The van der Waals surface area contributed by atoms with Crippen molar-refractivity contribution in [2.45, 2.75) is 66.3 Å². The molecule has 0 nitrogen and oxygen atoms in total. The summed E-state index contributed by atoms with van der Waals surface area (Å²) in [6, 6.07) is 45.1. The minimum atomic E-state index is 0. The Morgan fingerprint density at radius 3 is 1.70 bits per heavy atom. The SMILES string of the molecule is CCc1cc2ccccc2[cH-]1.C[Si]c1ccccc1.Cc1cc2c(-c3ccccc3)cccc2[cH-]1.[CH2-]CCC.[CH2-]CCC.[Zr+4]. The molecule has 0 bridgehead atoms. The molecule has 0 aliphatic carbocycles. The Hall–Kier alpha value is -2.80. The van der Waals surface area contributed by atoms with Gasteiger partial charge in [-0.2, -0.15) is 25.0 Å². The summed E-state index contributed by atoms with van der Waals surface area (Å²) in [6.07, 6.45) is 5.69. The fourth-order valence-electron chi connectivity index (χ4n) is 4.28. The fraction of sp³-hybridized carbons (Fsp3) is 0.238. The molecule has 6 rings (SSSR count). The van der Waals surface area contributed by atoms with Gasteiger partial charge in [0.15, 0.2) is 0 Å². The standard InChI is InChI=1S/C16H13.C11H11.C7H8Si.2C4H9.Zr/c1-12-10-14-8-5-9-15(16(14)11-12)13-6-3-2-4-7-13;1-2-9-7-10-5-3-4-6-11(10)8-9;1-8-7-5-3-2-4-6-7;2*1-3-4-2;/h2-11H,1H3;3-8H,2H2,1H3;2-6H,1H3;2*1,3-4H2,2H3;/q2*-1;;2*-1;+4. The van der Waals surface area contributed by atoms with Crippen LogP contribution in [-0.4, -0.2) is 9.52 Å². The van der Waals surface area contributed by atoms with Gasteiger partial charge in [0, 0.05) is 0 Å². The maximum atomic E-state index is 3.60. The quantitative estimate of drug-likeness (QED) is 0.126. The van der Waals surface area contributed by atoms with E-state index in [1.54, 1.807) is 0 Å². The van der Waals surface area contributed by atoms with E-state index in [-0.39, 0.29) is 26.2 Å². The number of hydrogen-bond acceptors (Lipinski definition) is 0. The molecule has 0 saturated carbocycles. The molecule has 0 aliphatic heterocycles. The Bertz CT molecular complexity index is 1490. The van der Waals surface area contributed by atoms with E-state index in [1.165, 1.54) is 61.8 Å². The summed E-state index contributed by atoms with van der Waals surface area (Å²) in [6.45, 7) is 18.0. The van der Waals surface area contributed by atoms with Gasteiger partial charge in [0.1, 0.15) is 0 Å². The van der Waals surface area contributed by atoms with Gasteiger partial charge in [0.25, 0.3) is 0 Å². The zero-order chi connectivity index (χ0) is 31.3. The van der Waals surface area contributed by atoms with Gasteiger partial charge >= 0.3 is 26.2 Å². The molecule has 2 radical (unpaired) electrons. The molecule has 0 aromatic heterocycles. The van der Waals surface area contributed by atoms with Gasteiger partial charge in [0.05, 0.1) is 9.52 Å². The van der Waals surface area contributed by atoms with E-state index >= 15 is 0 Å². The van der Waals surface area contributed by atoms with E-state index in [1.807, 2.05) is 6.07 Å². The Morgan fingerprint density at radius 2 is 1.18 bits per heavy atom. The van der Waals surface area contributed by atoms with Crippen molar-refractivity contribution in [2.24, 2.45) is 0 Å². The van der Waals surface area contributed by atoms with Crippen molar-refractivity contribution in [3.05, 3.63) is 152 Å². The van der Waals surface area contributed by atoms with Gasteiger partial charge in [-0.05, 0) is 12.0 Å². The van der Waals surface area contributed by atoms with Gasteiger partial charge in [-0.25, -0.2) is 0 Å². The molecule has 2 heteroatoms. The number of unbranched alkanes of at least 4 members (excludes halogenated alkanes) is 2. The van der Waals surface area contributed by atoms with Crippen LogP contribution in [0.5, 0.6) is 0 Å². The average molecular weight is 674 g/mol. The molecule has 6 aromatic rings. The Morgan fingerprint density at radius 1 is 0.636 bits per heavy atom. The number of benzene rings is 4. The third-order valence-electron chi connectivity index (χ3n) is 6.84. The molecule has 44 heavy (non-hydrogen) atoms. The van der Waals surface area contributed by atoms with Crippen LogP contribution in [0.25, 0.3) is 32.7 Å². The summed E-state index contributed by atoms with van der Waals surface area (Å²) in [5.41, 5.74) is 5.38. The zero-order valence-corrected chi connectivity index (χ0v) is 31.0. The zero-order valence-electron chi connectivity index (χ0n) is 27.6. The Labute approximate surface area is 290 Å². The second-order valence-electron chi connectivity index (χ2n) is 10.4. The van der Waals surface area contributed by atoms with Crippen molar-refractivity contribution in [3.8, 4) is 11.1 Å². The molecule has 0 aliphatic rings.